The van der Waals surface area contributed by atoms with Gasteiger partial charge in [0.2, 0.25) is 0 Å². The Morgan fingerprint density at radius 3 is 3.16 bits per heavy atom. The second-order valence-corrected chi connectivity index (χ2v) is 4.96. The first-order valence-electron chi connectivity index (χ1n) is 7.16. The third-order valence-corrected chi connectivity index (χ3v) is 3.53. The molecule has 1 aromatic heterocycles. The molecule has 2 heterocycles. The van der Waals surface area contributed by atoms with Crippen LogP contribution in [0.25, 0.3) is 0 Å². The van der Waals surface area contributed by atoms with E-state index in [0.29, 0.717) is 6.61 Å². The summed E-state index contributed by atoms with van der Waals surface area (Å²) in [5.74, 6) is 0. The SMILES string of the molecule is CCCCOC(=O)N1CCCCC1c1cccnc1. The lowest BCUT2D eigenvalue weighted by Gasteiger charge is -2.35. The van der Waals surface area contributed by atoms with Gasteiger partial charge in [-0.3, -0.25) is 4.98 Å². The molecule has 1 aliphatic rings. The first-order chi connectivity index (χ1) is 9.33. The molecule has 1 unspecified atom stereocenters. The topological polar surface area (TPSA) is 42.4 Å². The van der Waals surface area contributed by atoms with Crippen molar-refractivity contribution in [2.24, 2.45) is 0 Å². The average molecular weight is 262 g/mol. The number of hydrogen-bond acceptors (Lipinski definition) is 3. The van der Waals surface area contributed by atoms with Crippen LogP contribution in [0.15, 0.2) is 24.5 Å². The van der Waals surface area contributed by atoms with Gasteiger partial charge in [0, 0.05) is 18.9 Å². The molecule has 0 saturated carbocycles. The highest BCUT2D eigenvalue weighted by atomic mass is 16.6. The number of likely N-dealkylation sites (tertiary alicyclic amines) is 1. The molecule has 1 aromatic rings. The molecule has 0 radical (unpaired) electrons. The second kappa shape index (κ2) is 7.12. The molecule has 1 fully saturated rings. The van der Waals surface area contributed by atoms with Gasteiger partial charge in [-0.1, -0.05) is 19.4 Å². The molecule has 2 rings (SSSR count). The summed E-state index contributed by atoms with van der Waals surface area (Å²) in [7, 11) is 0. The summed E-state index contributed by atoms with van der Waals surface area (Å²) in [6, 6.07) is 4.08. The van der Waals surface area contributed by atoms with Crippen LogP contribution in [0.1, 0.15) is 50.6 Å². The lowest BCUT2D eigenvalue weighted by molar-refractivity contribution is 0.0720. The molecule has 104 valence electrons. The summed E-state index contributed by atoms with van der Waals surface area (Å²) in [4.78, 5) is 18.1. The van der Waals surface area contributed by atoms with E-state index in [1.807, 2.05) is 23.2 Å². The fourth-order valence-corrected chi connectivity index (χ4v) is 2.46. The lowest BCUT2D eigenvalue weighted by Crippen LogP contribution is -2.39. The van der Waals surface area contributed by atoms with Crippen molar-refractivity contribution < 1.29 is 9.53 Å². The minimum Gasteiger partial charge on any atom is -0.449 e. The number of unbranched alkanes of at least 4 members (excludes halogenated alkanes) is 1. The average Bonchev–Trinajstić information content (AvgIpc) is 2.48. The number of hydrogen-bond donors (Lipinski definition) is 0. The number of pyridine rings is 1. The van der Waals surface area contributed by atoms with E-state index in [1.165, 1.54) is 0 Å². The zero-order valence-corrected chi connectivity index (χ0v) is 11.5. The van der Waals surface area contributed by atoms with E-state index in [4.69, 9.17) is 4.74 Å². The van der Waals surface area contributed by atoms with Gasteiger partial charge in [0.25, 0.3) is 0 Å². The van der Waals surface area contributed by atoms with Gasteiger partial charge in [0.15, 0.2) is 0 Å². The largest absolute Gasteiger partial charge is 0.449 e. The molecular formula is C15H22N2O2. The van der Waals surface area contributed by atoms with Gasteiger partial charge in [0.1, 0.15) is 0 Å². The summed E-state index contributed by atoms with van der Waals surface area (Å²) < 4.78 is 5.34. The maximum Gasteiger partial charge on any atom is 0.410 e. The number of nitrogens with zero attached hydrogens (tertiary/aromatic N) is 2. The number of rotatable bonds is 4. The quantitative estimate of drug-likeness (QED) is 0.779. The fraction of sp³-hybridized carbons (Fsp3) is 0.600. The van der Waals surface area contributed by atoms with Crippen molar-refractivity contribution in [3.8, 4) is 0 Å². The number of carbonyl (C=O) groups is 1. The van der Waals surface area contributed by atoms with Crippen LogP contribution in [0.5, 0.6) is 0 Å². The van der Waals surface area contributed by atoms with E-state index < -0.39 is 0 Å². The molecule has 0 spiro atoms. The Balaban J connectivity index is 2.01. The van der Waals surface area contributed by atoms with Crippen molar-refractivity contribution in [1.29, 1.82) is 0 Å². The van der Waals surface area contributed by atoms with Crippen LogP contribution in [-0.4, -0.2) is 29.1 Å². The van der Waals surface area contributed by atoms with Gasteiger partial charge in [0.05, 0.1) is 12.6 Å². The Bertz CT molecular complexity index is 394. The van der Waals surface area contributed by atoms with E-state index in [9.17, 15) is 4.79 Å². The highest BCUT2D eigenvalue weighted by Gasteiger charge is 2.28. The Kier molecular flexibility index (Phi) is 5.19. The van der Waals surface area contributed by atoms with Gasteiger partial charge in [-0.25, -0.2) is 4.79 Å². The Morgan fingerprint density at radius 1 is 1.53 bits per heavy atom. The van der Waals surface area contributed by atoms with Gasteiger partial charge >= 0.3 is 6.09 Å². The summed E-state index contributed by atoms with van der Waals surface area (Å²) in [6.45, 7) is 3.39. The van der Waals surface area contributed by atoms with Crippen LogP contribution >= 0.6 is 0 Å². The van der Waals surface area contributed by atoms with Crippen molar-refractivity contribution in [2.45, 2.75) is 45.1 Å². The molecule has 0 aliphatic carbocycles. The summed E-state index contributed by atoms with van der Waals surface area (Å²) >= 11 is 0. The van der Waals surface area contributed by atoms with Crippen LogP contribution in [-0.2, 0) is 4.74 Å². The predicted octanol–water partition coefficient (Wildman–Crippen LogP) is 3.55. The number of ether oxygens (including phenoxy) is 1. The van der Waals surface area contributed by atoms with Gasteiger partial charge in [-0.05, 0) is 37.3 Å². The van der Waals surface area contributed by atoms with Crippen molar-refractivity contribution >= 4 is 6.09 Å². The normalized spacial score (nSPS) is 19.2. The van der Waals surface area contributed by atoms with Crippen molar-refractivity contribution in [3.63, 3.8) is 0 Å². The first kappa shape index (κ1) is 13.8. The third kappa shape index (κ3) is 3.69. The summed E-state index contributed by atoms with van der Waals surface area (Å²) in [5.41, 5.74) is 1.11. The minimum absolute atomic E-state index is 0.122. The third-order valence-electron chi connectivity index (χ3n) is 3.53. The van der Waals surface area contributed by atoms with Crippen LogP contribution in [0.3, 0.4) is 0 Å². The standard InChI is InChI=1S/C15H22N2O2/c1-2-3-11-19-15(18)17-10-5-4-8-14(17)13-7-6-9-16-12-13/h6-7,9,12,14H,2-5,8,10-11H2,1H3. The maximum absolute atomic E-state index is 12.1. The minimum atomic E-state index is -0.179. The highest BCUT2D eigenvalue weighted by Crippen LogP contribution is 2.30. The zero-order valence-electron chi connectivity index (χ0n) is 11.5. The van der Waals surface area contributed by atoms with Crippen molar-refractivity contribution in [3.05, 3.63) is 30.1 Å². The predicted molar refractivity (Wildman–Crippen MR) is 73.8 cm³/mol. The molecular weight excluding hydrogens is 240 g/mol. The Morgan fingerprint density at radius 2 is 2.42 bits per heavy atom. The molecule has 0 aromatic carbocycles. The lowest BCUT2D eigenvalue weighted by atomic mass is 9.97. The van der Waals surface area contributed by atoms with E-state index in [-0.39, 0.29) is 12.1 Å². The molecule has 4 nitrogen and oxygen atoms in total. The van der Waals surface area contributed by atoms with Crippen molar-refractivity contribution in [2.75, 3.05) is 13.2 Å². The molecule has 1 atom stereocenters. The number of carbonyl (C=O) groups excluding carboxylic acids is 1. The molecule has 0 bridgehead atoms. The molecule has 19 heavy (non-hydrogen) atoms. The van der Waals surface area contributed by atoms with Crippen LogP contribution in [0.2, 0.25) is 0 Å². The number of piperidine rings is 1. The van der Waals surface area contributed by atoms with E-state index in [2.05, 4.69) is 11.9 Å². The molecule has 1 amide bonds. The molecule has 0 N–H and O–H groups in total. The first-order valence-corrected chi connectivity index (χ1v) is 7.16. The van der Waals surface area contributed by atoms with Gasteiger partial charge in [-0.15, -0.1) is 0 Å². The Labute approximate surface area is 114 Å². The molecule has 1 saturated heterocycles. The van der Waals surface area contributed by atoms with Gasteiger partial charge in [-0.2, -0.15) is 0 Å². The smallest absolute Gasteiger partial charge is 0.410 e. The summed E-state index contributed by atoms with van der Waals surface area (Å²) in [6.07, 6.45) is 8.60. The number of amides is 1. The zero-order chi connectivity index (χ0) is 13.5. The van der Waals surface area contributed by atoms with E-state index >= 15 is 0 Å². The van der Waals surface area contributed by atoms with Crippen LogP contribution < -0.4 is 0 Å². The number of aromatic nitrogens is 1. The van der Waals surface area contributed by atoms with Crippen LogP contribution in [0, 0.1) is 0 Å². The fourth-order valence-electron chi connectivity index (χ4n) is 2.46. The summed E-state index contributed by atoms with van der Waals surface area (Å²) in [5, 5.41) is 0. The van der Waals surface area contributed by atoms with Gasteiger partial charge < -0.3 is 9.64 Å². The van der Waals surface area contributed by atoms with Crippen LogP contribution in [0.4, 0.5) is 4.79 Å². The second-order valence-electron chi connectivity index (χ2n) is 4.96. The Hall–Kier alpha value is -1.58. The monoisotopic (exact) mass is 262 g/mol. The maximum atomic E-state index is 12.1. The molecule has 1 aliphatic heterocycles. The van der Waals surface area contributed by atoms with E-state index in [1.54, 1.807) is 6.20 Å². The molecule has 4 heteroatoms. The van der Waals surface area contributed by atoms with Crippen molar-refractivity contribution in [1.82, 2.24) is 9.88 Å². The van der Waals surface area contributed by atoms with E-state index in [0.717, 1.165) is 44.2 Å². The highest BCUT2D eigenvalue weighted by molar-refractivity contribution is 5.68.